The number of fused-ring (bicyclic) bond motifs is 2. The molecule has 3 aromatic carbocycles. The van der Waals surface area contributed by atoms with Gasteiger partial charge >= 0.3 is 11.9 Å². The van der Waals surface area contributed by atoms with Crippen LogP contribution in [0, 0.1) is 0 Å². The number of aromatic nitrogens is 1. The summed E-state index contributed by atoms with van der Waals surface area (Å²) < 4.78 is 21.7. The van der Waals surface area contributed by atoms with Crippen molar-refractivity contribution in [3.8, 4) is 34.3 Å². The van der Waals surface area contributed by atoms with Crippen LogP contribution in [0.25, 0.3) is 28.2 Å². The van der Waals surface area contributed by atoms with E-state index in [2.05, 4.69) is 4.98 Å². The molecule has 0 amide bonds. The topological polar surface area (TPSA) is 104 Å². The summed E-state index contributed by atoms with van der Waals surface area (Å²) in [4.78, 5) is 40.0. The van der Waals surface area contributed by atoms with Crippen LogP contribution in [0.15, 0.2) is 66.4 Å². The average molecular weight is 483 g/mol. The van der Waals surface area contributed by atoms with Crippen LogP contribution in [-0.2, 0) is 9.59 Å². The molecule has 0 bridgehead atoms. The molecule has 2 heterocycles. The number of aromatic amines is 1. The Labute approximate surface area is 206 Å². The smallest absolute Gasteiger partial charge is 0.308 e. The highest BCUT2D eigenvalue weighted by molar-refractivity contribution is 6.17. The number of carbonyl (C=O) groups excluding carboxylic acids is 3. The Balaban J connectivity index is 1.67. The molecule has 1 aliphatic rings. The van der Waals surface area contributed by atoms with E-state index in [4.69, 9.17) is 18.9 Å². The third-order valence-corrected chi connectivity index (χ3v) is 5.61. The first kappa shape index (κ1) is 22.9. The van der Waals surface area contributed by atoms with Gasteiger partial charge in [0.05, 0.1) is 12.8 Å². The molecule has 0 unspecified atom stereocenters. The van der Waals surface area contributed by atoms with Gasteiger partial charge in [0.15, 0.2) is 5.76 Å². The van der Waals surface area contributed by atoms with E-state index in [1.54, 1.807) is 13.2 Å². The number of ketones is 1. The van der Waals surface area contributed by atoms with Crippen LogP contribution < -0.4 is 18.9 Å². The number of ether oxygens (including phenoxy) is 4. The van der Waals surface area contributed by atoms with Crippen molar-refractivity contribution < 1.29 is 33.3 Å². The Morgan fingerprint density at radius 1 is 0.917 bits per heavy atom. The molecule has 8 nitrogen and oxygen atoms in total. The van der Waals surface area contributed by atoms with Crippen molar-refractivity contribution in [2.24, 2.45) is 0 Å². The van der Waals surface area contributed by atoms with Crippen LogP contribution in [0.4, 0.5) is 0 Å². The van der Waals surface area contributed by atoms with Gasteiger partial charge in [0.25, 0.3) is 0 Å². The summed E-state index contributed by atoms with van der Waals surface area (Å²) in [6.07, 6.45) is 1.64. The molecule has 0 atom stereocenters. The monoisotopic (exact) mass is 483 g/mol. The van der Waals surface area contributed by atoms with Crippen molar-refractivity contribution in [2.75, 3.05) is 7.11 Å². The minimum atomic E-state index is -0.627. The van der Waals surface area contributed by atoms with Crippen LogP contribution in [0.3, 0.4) is 0 Å². The number of rotatable bonds is 5. The van der Waals surface area contributed by atoms with Crippen LogP contribution in [0.5, 0.6) is 23.0 Å². The Morgan fingerprint density at radius 3 is 2.36 bits per heavy atom. The first-order chi connectivity index (χ1) is 17.3. The number of hydrogen-bond acceptors (Lipinski definition) is 7. The van der Waals surface area contributed by atoms with Crippen molar-refractivity contribution in [2.45, 2.75) is 13.8 Å². The molecule has 0 aliphatic carbocycles. The SMILES string of the molecule is COc1ccc2[nH]c(-c3ccccc3)c(C=C3Oc4cc(OC(C)=O)cc(OC(C)=O)c4C3=O)c2c1. The van der Waals surface area contributed by atoms with Crippen LogP contribution in [0.1, 0.15) is 29.8 Å². The second kappa shape index (κ2) is 9.07. The number of benzene rings is 3. The molecule has 0 radical (unpaired) electrons. The maximum Gasteiger partial charge on any atom is 0.308 e. The lowest BCUT2D eigenvalue weighted by Gasteiger charge is -2.08. The molecule has 180 valence electrons. The third kappa shape index (κ3) is 4.20. The maximum atomic E-state index is 13.4. The Morgan fingerprint density at radius 2 is 1.67 bits per heavy atom. The summed E-state index contributed by atoms with van der Waals surface area (Å²) in [6.45, 7) is 2.46. The molecule has 1 N–H and O–H groups in total. The minimum Gasteiger partial charge on any atom is -0.497 e. The highest BCUT2D eigenvalue weighted by Gasteiger charge is 2.33. The summed E-state index contributed by atoms with van der Waals surface area (Å²) in [5.74, 6) is -0.805. The van der Waals surface area contributed by atoms with Crippen molar-refractivity contribution in [1.29, 1.82) is 0 Å². The van der Waals surface area contributed by atoms with E-state index in [9.17, 15) is 14.4 Å². The normalized spacial score (nSPS) is 13.4. The fourth-order valence-corrected chi connectivity index (χ4v) is 4.15. The molecule has 4 aromatic rings. The van der Waals surface area contributed by atoms with E-state index < -0.39 is 17.7 Å². The number of esters is 2. The standard InChI is InChI=1S/C28H21NO7/c1-15(30)34-19-12-23(35-16(2)31)26-24(13-19)36-25(28(26)32)14-21-20-11-18(33-3)9-10-22(20)29-27(21)17-7-5-4-6-8-17/h4-14,29H,1-3H3. The molecule has 0 saturated heterocycles. The number of methoxy groups -OCH3 is 1. The molecular formula is C28H21NO7. The molecule has 1 aliphatic heterocycles. The lowest BCUT2D eigenvalue weighted by Crippen LogP contribution is -2.07. The zero-order valence-corrected chi connectivity index (χ0v) is 19.7. The Hall–Kier alpha value is -4.85. The third-order valence-electron chi connectivity index (χ3n) is 5.61. The van der Waals surface area contributed by atoms with Crippen LogP contribution >= 0.6 is 0 Å². The lowest BCUT2D eigenvalue weighted by molar-refractivity contribution is -0.132. The molecule has 0 fully saturated rings. The Kier molecular flexibility index (Phi) is 5.77. The number of hydrogen-bond donors (Lipinski definition) is 1. The van der Waals surface area contributed by atoms with E-state index in [-0.39, 0.29) is 28.6 Å². The first-order valence-electron chi connectivity index (χ1n) is 11.1. The van der Waals surface area contributed by atoms with Crippen molar-refractivity contribution in [3.63, 3.8) is 0 Å². The fraction of sp³-hybridized carbons (Fsp3) is 0.107. The van der Waals surface area contributed by atoms with Gasteiger partial charge in [-0.2, -0.15) is 0 Å². The summed E-state index contributed by atoms with van der Waals surface area (Å²) in [5, 5.41) is 0.828. The summed E-state index contributed by atoms with van der Waals surface area (Å²) in [5.41, 5.74) is 3.36. The van der Waals surface area contributed by atoms with Gasteiger partial charge in [-0.3, -0.25) is 14.4 Å². The van der Waals surface area contributed by atoms with Gasteiger partial charge in [0.1, 0.15) is 28.6 Å². The molecule has 0 spiro atoms. The lowest BCUT2D eigenvalue weighted by atomic mass is 10.0. The van der Waals surface area contributed by atoms with Crippen LogP contribution in [-0.4, -0.2) is 29.8 Å². The average Bonchev–Trinajstić information content (AvgIpc) is 3.36. The molecular weight excluding hydrogens is 462 g/mol. The van der Waals surface area contributed by atoms with Gasteiger partial charge in [-0.25, -0.2) is 0 Å². The van der Waals surface area contributed by atoms with E-state index in [1.807, 2.05) is 48.5 Å². The second-order valence-corrected chi connectivity index (χ2v) is 8.11. The zero-order valence-electron chi connectivity index (χ0n) is 19.7. The van der Waals surface area contributed by atoms with Crippen molar-refractivity contribution in [1.82, 2.24) is 4.98 Å². The molecule has 36 heavy (non-hydrogen) atoms. The van der Waals surface area contributed by atoms with E-state index in [1.165, 1.54) is 26.0 Å². The summed E-state index contributed by atoms with van der Waals surface area (Å²) in [6, 6.07) is 18.0. The van der Waals surface area contributed by atoms with Gasteiger partial charge in [-0.05, 0) is 29.8 Å². The van der Waals surface area contributed by atoms with Gasteiger partial charge in [0, 0.05) is 42.4 Å². The van der Waals surface area contributed by atoms with Gasteiger partial charge in [0.2, 0.25) is 5.78 Å². The molecule has 5 rings (SSSR count). The van der Waals surface area contributed by atoms with E-state index in [0.29, 0.717) is 5.75 Å². The second-order valence-electron chi connectivity index (χ2n) is 8.11. The van der Waals surface area contributed by atoms with Crippen LogP contribution in [0.2, 0.25) is 0 Å². The van der Waals surface area contributed by atoms with Gasteiger partial charge < -0.3 is 23.9 Å². The predicted molar refractivity (Wildman–Crippen MR) is 132 cm³/mol. The molecule has 8 heteroatoms. The largest absolute Gasteiger partial charge is 0.497 e. The molecule has 1 aromatic heterocycles. The zero-order chi connectivity index (χ0) is 25.4. The number of carbonyl (C=O) groups is 3. The predicted octanol–water partition coefficient (Wildman–Crippen LogP) is 5.31. The van der Waals surface area contributed by atoms with E-state index in [0.717, 1.165) is 27.7 Å². The summed E-state index contributed by atoms with van der Waals surface area (Å²) >= 11 is 0. The quantitative estimate of drug-likeness (QED) is 0.233. The fourth-order valence-electron chi connectivity index (χ4n) is 4.15. The molecule has 0 saturated carbocycles. The minimum absolute atomic E-state index is 0.0271. The highest BCUT2D eigenvalue weighted by Crippen LogP contribution is 2.43. The van der Waals surface area contributed by atoms with E-state index >= 15 is 0 Å². The number of Topliss-reactive ketones (excluding diaryl/α,β-unsaturated/α-hetero) is 1. The Bertz CT molecular complexity index is 1560. The van der Waals surface area contributed by atoms with Gasteiger partial charge in [-0.1, -0.05) is 30.3 Å². The first-order valence-corrected chi connectivity index (χ1v) is 11.1. The number of H-pyrrole nitrogens is 1. The van der Waals surface area contributed by atoms with Gasteiger partial charge in [-0.15, -0.1) is 0 Å². The number of nitrogens with one attached hydrogen (secondary N) is 1. The van der Waals surface area contributed by atoms with Crippen molar-refractivity contribution in [3.05, 3.63) is 77.5 Å². The highest BCUT2D eigenvalue weighted by atomic mass is 16.6. The number of allylic oxidation sites excluding steroid dienone is 1. The van der Waals surface area contributed by atoms with Crippen molar-refractivity contribution >= 4 is 34.7 Å². The summed E-state index contributed by atoms with van der Waals surface area (Å²) in [7, 11) is 1.58. The maximum absolute atomic E-state index is 13.4.